The number of carbonyl (C=O) groups is 2. The van der Waals surface area contributed by atoms with E-state index in [4.69, 9.17) is 0 Å². The summed E-state index contributed by atoms with van der Waals surface area (Å²) in [6.07, 6.45) is 2.23. The van der Waals surface area contributed by atoms with Gasteiger partial charge in [0.05, 0.1) is 0 Å². The molecule has 4 heteroatoms. The zero-order valence-electron chi connectivity index (χ0n) is 11.4. The molecule has 0 aliphatic rings. The molecule has 1 rings (SSSR count). The summed E-state index contributed by atoms with van der Waals surface area (Å²) >= 11 is 0. The number of rotatable bonds is 7. The van der Waals surface area contributed by atoms with Gasteiger partial charge in [0.25, 0.3) is 0 Å². The number of aliphatic carboxylic acids is 1. The van der Waals surface area contributed by atoms with Crippen molar-refractivity contribution in [3.8, 4) is 0 Å². The molecule has 0 saturated carbocycles. The highest BCUT2D eigenvalue weighted by Gasteiger charge is 2.22. The Morgan fingerprint density at radius 3 is 2.21 bits per heavy atom. The summed E-state index contributed by atoms with van der Waals surface area (Å²) in [5.41, 5.74) is 0.591. The Labute approximate surface area is 113 Å². The average Bonchev–Trinajstić information content (AvgIpc) is 2.42. The van der Waals surface area contributed by atoms with E-state index in [1.54, 1.807) is 24.3 Å². The van der Waals surface area contributed by atoms with Gasteiger partial charge in [-0.25, -0.2) is 4.79 Å². The number of carbonyl (C=O) groups excluding carboxylic acids is 1. The summed E-state index contributed by atoms with van der Waals surface area (Å²) < 4.78 is 0. The minimum absolute atomic E-state index is 0.204. The molecule has 0 aliphatic heterocycles. The van der Waals surface area contributed by atoms with Crippen LogP contribution in [-0.2, 0) is 9.59 Å². The van der Waals surface area contributed by atoms with E-state index >= 15 is 0 Å². The Bertz CT molecular complexity index is 413. The number of amides is 1. The van der Waals surface area contributed by atoms with E-state index in [0.717, 1.165) is 12.8 Å². The number of carboxylic acids is 1. The SMILES string of the molecule is CCC(CC)CC(=O)N[C@H](C(=O)O)c1ccccc1. The summed E-state index contributed by atoms with van der Waals surface area (Å²) in [6.45, 7) is 4.07. The van der Waals surface area contributed by atoms with E-state index in [9.17, 15) is 14.7 Å². The first-order valence-corrected chi connectivity index (χ1v) is 6.65. The van der Waals surface area contributed by atoms with Gasteiger partial charge in [-0.1, -0.05) is 57.0 Å². The fourth-order valence-electron chi connectivity index (χ4n) is 1.99. The van der Waals surface area contributed by atoms with Gasteiger partial charge in [-0.15, -0.1) is 0 Å². The molecule has 0 aliphatic carbocycles. The van der Waals surface area contributed by atoms with Crippen LogP contribution < -0.4 is 5.32 Å². The number of hydrogen-bond acceptors (Lipinski definition) is 2. The molecule has 0 radical (unpaired) electrons. The molecule has 1 amide bonds. The van der Waals surface area contributed by atoms with Gasteiger partial charge in [0, 0.05) is 6.42 Å². The van der Waals surface area contributed by atoms with Gasteiger partial charge in [0.2, 0.25) is 5.91 Å². The van der Waals surface area contributed by atoms with Crippen molar-refractivity contribution in [2.24, 2.45) is 5.92 Å². The monoisotopic (exact) mass is 263 g/mol. The zero-order valence-corrected chi connectivity index (χ0v) is 11.4. The molecule has 4 nitrogen and oxygen atoms in total. The predicted molar refractivity (Wildman–Crippen MR) is 73.7 cm³/mol. The van der Waals surface area contributed by atoms with Gasteiger partial charge >= 0.3 is 5.97 Å². The molecule has 0 spiro atoms. The van der Waals surface area contributed by atoms with Gasteiger partial charge in [0.15, 0.2) is 6.04 Å². The fourth-order valence-corrected chi connectivity index (χ4v) is 1.99. The van der Waals surface area contributed by atoms with Crippen LogP contribution >= 0.6 is 0 Å². The van der Waals surface area contributed by atoms with E-state index in [1.807, 2.05) is 19.9 Å². The van der Waals surface area contributed by atoms with Crippen LogP contribution in [0.25, 0.3) is 0 Å². The normalized spacial score (nSPS) is 12.2. The third kappa shape index (κ3) is 4.73. The Morgan fingerprint density at radius 2 is 1.74 bits per heavy atom. The molecule has 104 valence electrons. The van der Waals surface area contributed by atoms with E-state index in [1.165, 1.54) is 0 Å². The smallest absolute Gasteiger partial charge is 0.330 e. The van der Waals surface area contributed by atoms with Crippen LogP contribution in [0.3, 0.4) is 0 Å². The molecule has 1 aromatic carbocycles. The van der Waals surface area contributed by atoms with Crippen molar-refractivity contribution >= 4 is 11.9 Å². The molecule has 0 aromatic heterocycles. The second-order valence-corrected chi connectivity index (χ2v) is 4.64. The second-order valence-electron chi connectivity index (χ2n) is 4.64. The molecule has 0 unspecified atom stereocenters. The van der Waals surface area contributed by atoms with Crippen molar-refractivity contribution in [2.45, 2.75) is 39.2 Å². The average molecular weight is 263 g/mol. The van der Waals surface area contributed by atoms with Gasteiger partial charge < -0.3 is 10.4 Å². The largest absolute Gasteiger partial charge is 0.479 e. The van der Waals surface area contributed by atoms with E-state index in [2.05, 4.69) is 5.32 Å². The van der Waals surface area contributed by atoms with Crippen LogP contribution in [-0.4, -0.2) is 17.0 Å². The molecule has 1 aromatic rings. The standard InChI is InChI=1S/C15H21NO3/c1-3-11(4-2)10-13(17)16-14(15(18)19)12-8-6-5-7-9-12/h5-9,11,14H,3-4,10H2,1-2H3,(H,16,17)(H,18,19)/t14-/m0/s1. The molecule has 0 heterocycles. The Kier molecular flexibility index (Phi) is 6.06. The van der Waals surface area contributed by atoms with Crippen molar-refractivity contribution in [2.75, 3.05) is 0 Å². The number of benzene rings is 1. The third-order valence-corrected chi connectivity index (χ3v) is 3.31. The highest BCUT2D eigenvalue weighted by atomic mass is 16.4. The molecule has 19 heavy (non-hydrogen) atoms. The lowest BCUT2D eigenvalue weighted by Crippen LogP contribution is -2.34. The highest BCUT2D eigenvalue weighted by Crippen LogP contribution is 2.16. The summed E-state index contributed by atoms with van der Waals surface area (Å²) in [4.78, 5) is 23.1. The quantitative estimate of drug-likeness (QED) is 0.795. The summed E-state index contributed by atoms with van der Waals surface area (Å²) in [6, 6.07) is 7.78. The lowest BCUT2D eigenvalue weighted by atomic mass is 9.98. The Hall–Kier alpha value is -1.84. The molecule has 2 N–H and O–H groups in total. The summed E-state index contributed by atoms with van der Waals surface area (Å²) in [5.74, 6) is -0.931. The number of nitrogens with one attached hydrogen (secondary N) is 1. The van der Waals surface area contributed by atoms with Crippen LogP contribution in [0.4, 0.5) is 0 Å². The summed E-state index contributed by atoms with van der Waals surface area (Å²) in [7, 11) is 0. The Morgan fingerprint density at radius 1 is 1.16 bits per heavy atom. The molecule has 0 fully saturated rings. The van der Waals surface area contributed by atoms with Crippen LogP contribution in [0.15, 0.2) is 30.3 Å². The lowest BCUT2D eigenvalue weighted by Gasteiger charge is -2.17. The predicted octanol–water partition coefficient (Wildman–Crippen LogP) is 2.75. The fraction of sp³-hybridized carbons (Fsp3) is 0.467. The molecule has 1 atom stereocenters. The molecule has 0 bridgehead atoms. The minimum Gasteiger partial charge on any atom is -0.479 e. The van der Waals surface area contributed by atoms with E-state index < -0.39 is 12.0 Å². The minimum atomic E-state index is -1.04. The van der Waals surface area contributed by atoms with Crippen LogP contribution in [0, 0.1) is 5.92 Å². The van der Waals surface area contributed by atoms with Gasteiger partial charge in [-0.3, -0.25) is 4.79 Å². The molecular formula is C15H21NO3. The Balaban J connectivity index is 2.70. The van der Waals surface area contributed by atoms with Crippen LogP contribution in [0.2, 0.25) is 0 Å². The first-order valence-electron chi connectivity index (χ1n) is 6.65. The lowest BCUT2D eigenvalue weighted by molar-refractivity contribution is -0.142. The van der Waals surface area contributed by atoms with Gasteiger partial charge in [-0.05, 0) is 11.5 Å². The van der Waals surface area contributed by atoms with Crippen LogP contribution in [0.5, 0.6) is 0 Å². The summed E-state index contributed by atoms with van der Waals surface area (Å²) in [5, 5.41) is 11.8. The van der Waals surface area contributed by atoms with E-state index in [-0.39, 0.29) is 5.91 Å². The molecular weight excluding hydrogens is 242 g/mol. The topological polar surface area (TPSA) is 66.4 Å². The van der Waals surface area contributed by atoms with Crippen molar-refractivity contribution < 1.29 is 14.7 Å². The third-order valence-electron chi connectivity index (χ3n) is 3.31. The van der Waals surface area contributed by atoms with Crippen LogP contribution in [0.1, 0.15) is 44.7 Å². The maximum atomic E-state index is 11.9. The number of carboxylic acid groups (broad SMARTS) is 1. The van der Waals surface area contributed by atoms with Crippen molar-refractivity contribution in [1.82, 2.24) is 5.32 Å². The first-order chi connectivity index (χ1) is 9.08. The van der Waals surface area contributed by atoms with Crippen molar-refractivity contribution in [3.63, 3.8) is 0 Å². The maximum Gasteiger partial charge on any atom is 0.330 e. The van der Waals surface area contributed by atoms with Gasteiger partial charge in [-0.2, -0.15) is 0 Å². The molecule has 0 saturated heterocycles. The second kappa shape index (κ2) is 7.56. The van der Waals surface area contributed by atoms with Gasteiger partial charge in [0.1, 0.15) is 0 Å². The zero-order chi connectivity index (χ0) is 14.3. The van der Waals surface area contributed by atoms with Crippen molar-refractivity contribution in [3.05, 3.63) is 35.9 Å². The van der Waals surface area contributed by atoms with E-state index in [0.29, 0.717) is 17.9 Å². The van der Waals surface area contributed by atoms with Crippen molar-refractivity contribution in [1.29, 1.82) is 0 Å². The maximum absolute atomic E-state index is 11.9. The first kappa shape index (κ1) is 15.2. The number of hydrogen-bond donors (Lipinski definition) is 2. The highest BCUT2D eigenvalue weighted by molar-refractivity contribution is 5.84.